The van der Waals surface area contributed by atoms with Crippen LogP contribution in [0.1, 0.15) is 11.1 Å². The minimum atomic E-state index is -0.626. The molecule has 0 unspecified atom stereocenters. The SMILES string of the molecule is COc1cc(SCc2ccccc2)ccc1NC(=O)[C@@H](N)Cc1ccccc1.Cl. The van der Waals surface area contributed by atoms with Gasteiger partial charge in [-0.1, -0.05) is 60.7 Å². The van der Waals surface area contributed by atoms with Gasteiger partial charge in [0, 0.05) is 10.6 Å². The second-order valence-electron chi connectivity index (χ2n) is 6.42. The van der Waals surface area contributed by atoms with E-state index in [0.717, 1.165) is 16.2 Å². The molecular formula is C23H25ClN2O2S. The molecule has 29 heavy (non-hydrogen) atoms. The molecule has 0 saturated heterocycles. The predicted octanol–water partition coefficient (Wildman–Crippen LogP) is 4.92. The van der Waals surface area contributed by atoms with Gasteiger partial charge in [-0.15, -0.1) is 24.2 Å². The van der Waals surface area contributed by atoms with Crippen molar-refractivity contribution in [2.75, 3.05) is 12.4 Å². The normalized spacial score (nSPS) is 11.2. The Morgan fingerprint density at radius 2 is 1.62 bits per heavy atom. The number of anilines is 1. The molecule has 0 aliphatic carbocycles. The van der Waals surface area contributed by atoms with Gasteiger partial charge in [-0.25, -0.2) is 0 Å². The van der Waals surface area contributed by atoms with Crippen molar-refractivity contribution in [2.45, 2.75) is 23.1 Å². The molecule has 0 bridgehead atoms. The molecule has 0 aliphatic heterocycles. The van der Waals surface area contributed by atoms with Crippen LogP contribution in [0.3, 0.4) is 0 Å². The number of nitrogens with two attached hydrogens (primary N) is 1. The molecule has 1 amide bonds. The average molecular weight is 429 g/mol. The zero-order chi connectivity index (χ0) is 19.8. The Morgan fingerprint density at radius 3 is 2.24 bits per heavy atom. The lowest BCUT2D eigenvalue weighted by Crippen LogP contribution is -2.37. The lowest BCUT2D eigenvalue weighted by atomic mass is 10.1. The molecule has 0 heterocycles. The van der Waals surface area contributed by atoms with Gasteiger partial charge in [0.1, 0.15) is 5.75 Å². The number of nitrogens with one attached hydrogen (secondary N) is 1. The summed E-state index contributed by atoms with van der Waals surface area (Å²) in [5.74, 6) is 1.27. The van der Waals surface area contributed by atoms with Gasteiger partial charge in [0.15, 0.2) is 0 Å². The van der Waals surface area contributed by atoms with Gasteiger partial charge in [0.05, 0.1) is 18.8 Å². The smallest absolute Gasteiger partial charge is 0.241 e. The second kappa shape index (κ2) is 11.5. The summed E-state index contributed by atoms with van der Waals surface area (Å²) >= 11 is 1.72. The maximum Gasteiger partial charge on any atom is 0.241 e. The zero-order valence-corrected chi connectivity index (χ0v) is 17.8. The van der Waals surface area contributed by atoms with E-state index >= 15 is 0 Å². The summed E-state index contributed by atoms with van der Waals surface area (Å²) < 4.78 is 5.47. The van der Waals surface area contributed by atoms with E-state index in [4.69, 9.17) is 10.5 Å². The maximum absolute atomic E-state index is 12.5. The topological polar surface area (TPSA) is 64.3 Å². The van der Waals surface area contributed by atoms with Crippen LogP contribution >= 0.6 is 24.2 Å². The lowest BCUT2D eigenvalue weighted by molar-refractivity contribution is -0.117. The van der Waals surface area contributed by atoms with Crippen molar-refractivity contribution in [2.24, 2.45) is 5.73 Å². The van der Waals surface area contributed by atoms with Crippen LogP contribution in [0.5, 0.6) is 5.75 Å². The summed E-state index contributed by atoms with van der Waals surface area (Å²) in [6, 6.07) is 25.2. The van der Waals surface area contributed by atoms with E-state index in [0.29, 0.717) is 17.9 Å². The standard InChI is InChI=1S/C23H24N2O2S.ClH/c1-27-22-15-19(28-16-18-10-6-3-7-11-18)12-13-21(22)25-23(26)20(24)14-17-8-4-2-5-9-17;/h2-13,15,20H,14,16,24H2,1H3,(H,25,26);1H/t20-;/m0./s1. The van der Waals surface area contributed by atoms with Crippen LogP contribution in [0.15, 0.2) is 83.8 Å². The molecular weight excluding hydrogens is 404 g/mol. The molecule has 3 N–H and O–H groups in total. The molecule has 1 atom stereocenters. The van der Waals surface area contributed by atoms with E-state index in [1.807, 2.05) is 66.7 Å². The third-order valence-corrected chi connectivity index (χ3v) is 5.38. The number of hydrogen-bond donors (Lipinski definition) is 2. The molecule has 0 aromatic heterocycles. The Kier molecular flexibility index (Phi) is 9.06. The quantitative estimate of drug-likeness (QED) is 0.500. The van der Waals surface area contributed by atoms with Gasteiger partial charge in [-0.3, -0.25) is 4.79 Å². The summed E-state index contributed by atoms with van der Waals surface area (Å²) in [5, 5.41) is 2.88. The summed E-state index contributed by atoms with van der Waals surface area (Å²) in [5.41, 5.74) is 8.99. The highest BCUT2D eigenvalue weighted by molar-refractivity contribution is 7.98. The van der Waals surface area contributed by atoms with Crippen LogP contribution in [0, 0.1) is 0 Å². The molecule has 0 fully saturated rings. The second-order valence-corrected chi connectivity index (χ2v) is 7.47. The fourth-order valence-electron chi connectivity index (χ4n) is 2.79. The lowest BCUT2D eigenvalue weighted by Gasteiger charge is -2.15. The fraction of sp³-hybridized carbons (Fsp3) is 0.174. The van der Waals surface area contributed by atoms with E-state index in [9.17, 15) is 4.79 Å². The molecule has 0 aliphatic rings. The molecule has 0 spiro atoms. The largest absolute Gasteiger partial charge is 0.495 e. The third-order valence-electron chi connectivity index (χ3n) is 4.31. The van der Waals surface area contributed by atoms with Crippen molar-refractivity contribution in [1.82, 2.24) is 0 Å². The summed E-state index contributed by atoms with van der Waals surface area (Å²) in [7, 11) is 1.60. The van der Waals surface area contributed by atoms with Crippen molar-refractivity contribution in [1.29, 1.82) is 0 Å². The number of thioether (sulfide) groups is 1. The Morgan fingerprint density at radius 1 is 1.00 bits per heavy atom. The summed E-state index contributed by atoms with van der Waals surface area (Å²) in [6.45, 7) is 0. The van der Waals surface area contributed by atoms with Gasteiger partial charge in [0.25, 0.3) is 0 Å². The van der Waals surface area contributed by atoms with E-state index in [-0.39, 0.29) is 18.3 Å². The first-order valence-corrected chi connectivity index (χ1v) is 10.1. The van der Waals surface area contributed by atoms with Crippen LogP contribution in [0.2, 0.25) is 0 Å². The Balaban J connectivity index is 0.00000300. The van der Waals surface area contributed by atoms with E-state index < -0.39 is 6.04 Å². The van der Waals surface area contributed by atoms with Crippen LogP contribution in [0.25, 0.3) is 0 Å². The highest BCUT2D eigenvalue weighted by Crippen LogP contribution is 2.32. The van der Waals surface area contributed by atoms with Crippen molar-refractivity contribution in [3.8, 4) is 5.75 Å². The number of benzene rings is 3. The number of amides is 1. The number of rotatable bonds is 8. The molecule has 3 aromatic rings. The minimum absolute atomic E-state index is 0. The van der Waals surface area contributed by atoms with E-state index in [1.165, 1.54) is 5.56 Å². The number of halogens is 1. The molecule has 4 nitrogen and oxygen atoms in total. The van der Waals surface area contributed by atoms with Crippen LogP contribution in [-0.4, -0.2) is 19.1 Å². The number of methoxy groups -OCH3 is 1. The van der Waals surface area contributed by atoms with Gasteiger partial charge in [0.2, 0.25) is 5.91 Å². The molecule has 152 valence electrons. The van der Waals surface area contributed by atoms with Crippen molar-refractivity contribution in [3.05, 3.63) is 90.0 Å². The number of carbonyl (C=O) groups is 1. The molecule has 0 radical (unpaired) electrons. The molecule has 3 rings (SSSR count). The Hall–Kier alpha value is -2.47. The molecule has 0 saturated carbocycles. The van der Waals surface area contributed by atoms with Gasteiger partial charge in [-0.2, -0.15) is 0 Å². The maximum atomic E-state index is 12.5. The highest BCUT2D eigenvalue weighted by Gasteiger charge is 2.16. The number of hydrogen-bond acceptors (Lipinski definition) is 4. The Bertz CT molecular complexity index is 907. The highest BCUT2D eigenvalue weighted by atomic mass is 35.5. The fourth-order valence-corrected chi connectivity index (χ4v) is 3.67. The zero-order valence-electron chi connectivity index (χ0n) is 16.2. The van der Waals surface area contributed by atoms with Gasteiger partial charge >= 0.3 is 0 Å². The Labute approximate surface area is 182 Å². The van der Waals surface area contributed by atoms with Crippen LogP contribution in [0.4, 0.5) is 5.69 Å². The van der Waals surface area contributed by atoms with Gasteiger partial charge in [-0.05, 0) is 35.7 Å². The first-order valence-electron chi connectivity index (χ1n) is 9.11. The summed E-state index contributed by atoms with van der Waals surface area (Å²) in [4.78, 5) is 13.6. The van der Waals surface area contributed by atoms with Crippen LogP contribution in [-0.2, 0) is 17.0 Å². The number of ether oxygens (including phenoxy) is 1. The average Bonchev–Trinajstić information content (AvgIpc) is 2.74. The van der Waals surface area contributed by atoms with Crippen molar-refractivity contribution in [3.63, 3.8) is 0 Å². The first-order chi connectivity index (χ1) is 13.7. The molecule has 3 aromatic carbocycles. The van der Waals surface area contributed by atoms with Gasteiger partial charge < -0.3 is 15.8 Å². The molecule has 6 heteroatoms. The van der Waals surface area contributed by atoms with E-state index in [1.54, 1.807) is 18.9 Å². The first kappa shape index (κ1) is 22.8. The van der Waals surface area contributed by atoms with Crippen molar-refractivity contribution < 1.29 is 9.53 Å². The van der Waals surface area contributed by atoms with Crippen molar-refractivity contribution >= 4 is 35.8 Å². The van der Waals surface area contributed by atoms with E-state index in [2.05, 4.69) is 17.4 Å². The summed E-state index contributed by atoms with van der Waals surface area (Å²) in [6.07, 6.45) is 0.486. The number of carbonyl (C=O) groups excluding carboxylic acids is 1. The monoisotopic (exact) mass is 428 g/mol. The minimum Gasteiger partial charge on any atom is -0.495 e. The van der Waals surface area contributed by atoms with Crippen LogP contribution < -0.4 is 15.8 Å². The third kappa shape index (κ3) is 6.82. The predicted molar refractivity (Wildman–Crippen MR) is 123 cm³/mol.